The second kappa shape index (κ2) is 29.7. The Morgan fingerprint density at radius 3 is 1.87 bits per heavy atom. The first-order valence-corrected chi connectivity index (χ1v) is 17.8. The molecule has 0 radical (unpaired) electrons. The van der Waals surface area contributed by atoms with Crippen LogP contribution in [-0.2, 0) is 14.4 Å². The molecule has 0 saturated heterocycles. The lowest BCUT2D eigenvalue weighted by molar-refractivity contribution is -0.131. The van der Waals surface area contributed by atoms with Crippen molar-refractivity contribution in [1.29, 1.82) is 0 Å². The zero-order valence-corrected chi connectivity index (χ0v) is 31.1. The number of hydrogen-bond acceptors (Lipinski definition) is 3. The molecule has 1 unspecified atom stereocenters. The molecule has 2 atom stereocenters. The van der Waals surface area contributed by atoms with Gasteiger partial charge in [-0.3, -0.25) is 14.4 Å². The van der Waals surface area contributed by atoms with Crippen molar-refractivity contribution in [3.8, 4) is 0 Å². The highest BCUT2D eigenvalue weighted by Crippen LogP contribution is 2.20. The summed E-state index contributed by atoms with van der Waals surface area (Å²) < 4.78 is 0. The van der Waals surface area contributed by atoms with E-state index in [2.05, 4.69) is 61.7 Å². The van der Waals surface area contributed by atoms with Gasteiger partial charge in [0.1, 0.15) is 12.1 Å². The standard InChI is InChI=1S/C37H57N3O3.C2H6.C2H4/c1-8-15-22-28(20-10-3)26-33(36(42)38-32-24-18-17-19-25-32)40-37(43)34(27-31(21-11-4)29(12-5)13-6)39-35(41)30(14-7)23-16-9-2;2*1-2/h11-12,14-16,20-23,32-34H,5,8-10,13,17-19,24-27H2,1-4,6-7H3,(H,38,42)(H,39,41)(H,40,43);1-2H3;1-2H2/b21-11-,22-15-,23-16-,28-20+,30-14+,31-29-;;/t33-,34?;;/m0../s1. The van der Waals surface area contributed by atoms with Crippen molar-refractivity contribution < 1.29 is 14.4 Å². The number of nitrogens with one attached hydrogen (secondary N) is 3. The monoisotopic (exact) mass is 650 g/mol. The third kappa shape index (κ3) is 18.9. The van der Waals surface area contributed by atoms with Crippen LogP contribution >= 0.6 is 0 Å². The Kier molecular flexibility index (Phi) is 28.7. The minimum atomic E-state index is -0.889. The molecule has 0 bridgehead atoms. The predicted molar refractivity (Wildman–Crippen MR) is 204 cm³/mol. The number of rotatable bonds is 18. The zero-order chi connectivity index (χ0) is 36.0. The molecule has 1 aliphatic rings. The van der Waals surface area contributed by atoms with Gasteiger partial charge in [-0.05, 0) is 69.1 Å². The fourth-order valence-corrected chi connectivity index (χ4v) is 5.25. The molecular weight excluding hydrogens is 582 g/mol. The van der Waals surface area contributed by atoms with Crippen LogP contribution in [0.2, 0.25) is 0 Å². The van der Waals surface area contributed by atoms with Gasteiger partial charge in [-0.15, -0.1) is 13.2 Å². The van der Waals surface area contributed by atoms with Crippen molar-refractivity contribution in [2.45, 2.75) is 144 Å². The van der Waals surface area contributed by atoms with Crippen LogP contribution in [0.25, 0.3) is 0 Å². The minimum Gasteiger partial charge on any atom is -0.352 e. The molecule has 3 amide bonds. The Morgan fingerprint density at radius 1 is 0.766 bits per heavy atom. The van der Waals surface area contributed by atoms with Gasteiger partial charge >= 0.3 is 0 Å². The Bertz CT molecular complexity index is 1100. The maximum atomic E-state index is 14.0. The number of carbonyl (C=O) groups is 3. The fraction of sp³-hybridized carbons (Fsp3) is 0.537. The van der Waals surface area contributed by atoms with Gasteiger partial charge in [-0.1, -0.05) is 122 Å². The molecule has 0 aromatic rings. The maximum Gasteiger partial charge on any atom is 0.251 e. The van der Waals surface area contributed by atoms with E-state index in [4.69, 9.17) is 0 Å². The van der Waals surface area contributed by atoms with Gasteiger partial charge in [-0.25, -0.2) is 0 Å². The molecule has 264 valence electrons. The third-order valence-electron chi connectivity index (χ3n) is 7.62. The van der Waals surface area contributed by atoms with Gasteiger partial charge in [0.25, 0.3) is 5.91 Å². The number of allylic oxidation sites excluding steroid dienone is 9. The Hall–Kier alpha value is -3.67. The van der Waals surface area contributed by atoms with Gasteiger partial charge in [0.15, 0.2) is 0 Å². The second-order valence-electron chi connectivity index (χ2n) is 11.0. The van der Waals surface area contributed by atoms with Gasteiger partial charge in [0.2, 0.25) is 11.8 Å². The summed E-state index contributed by atoms with van der Waals surface area (Å²) in [7, 11) is 0. The smallest absolute Gasteiger partial charge is 0.251 e. The van der Waals surface area contributed by atoms with Crippen LogP contribution in [0.3, 0.4) is 0 Å². The summed E-state index contributed by atoms with van der Waals surface area (Å²) in [5, 5.41) is 9.23. The van der Waals surface area contributed by atoms with Crippen molar-refractivity contribution in [2.24, 2.45) is 0 Å². The number of amides is 3. The van der Waals surface area contributed by atoms with Crippen LogP contribution in [0, 0.1) is 0 Å². The van der Waals surface area contributed by atoms with Crippen LogP contribution in [0.5, 0.6) is 0 Å². The van der Waals surface area contributed by atoms with Gasteiger partial charge < -0.3 is 16.0 Å². The molecule has 1 saturated carbocycles. The lowest BCUT2D eigenvalue weighted by Crippen LogP contribution is -2.55. The first-order chi connectivity index (χ1) is 22.8. The van der Waals surface area contributed by atoms with Crippen LogP contribution in [-0.4, -0.2) is 35.8 Å². The van der Waals surface area contributed by atoms with Crippen molar-refractivity contribution in [3.05, 3.63) is 96.7 Å². The molecule has 0 heterocycles. The molecule has 0 aromatic carbocycles. The number of carbonyl (C=O) groups excluding carboxylic acids is 3. The fourth-order valence-electron chi connectivity index (χ4n) is 5.25. The quantitative estimate of drug-likeness (QED) is 0.0785. The molecule has 1 rings (SSSR count). The van der Waals surface area contributed by atoms with E-state index >= 15 is 0 Å². The Morgan fingerprint density at radius 2 is 1.36 bits per heavy atom. The highest BCUT2D eigenvalue weighted by atomic mass is 16.2. The summed E-state index contributed by atoms with van der Waals surface area (Å²) in [6.45, 7) is 25.9. The average Bonchev–Trinajstić information content (AvgIpc) is 3.09. The van der Waals surface area contributed by atoms with Crippen LogP contribution < -0.4 is 16.0 Å². The molecule has 1 fully saturated rings. The van der Waals surface area contributed by atoms with Crippen molar-refractivity contribution in [3.63, 3.8) is 0 Å². The Labute approximate surface area is 288 Å². The van der Waals surface area contributed by atoms with Crippen molar-refractivity contribution in [2.75, 3.05) is 0 Å². The molecule has 0 aliphatic heterocycles. The van der Waals surface area contributed by atoms with Gasteiger partial charge in [-0.2, -0.15) is 0 Å². The summed E-state index contributed by atoms with van der Waals surface area (Å²) in [6, 6.07) is -1.54. The van der Waals surface area contributed by atoms with Gasteiger partial charge in [0, 0.05) is 24.5 Å². The van der Waals surface area contributed by atoms with E-state index in [1.54, 1.807) is 25.2 Å². The largest absolute Gasteiger partial charge is 0.352 e. The van der Waals surface area contributed by atoms with E-state index < -0.39 is 12.1 Å². The molecule has 47 heavy (non-hydrogen) atoms. The van der Waals surface area contributed by atoms with Crippen LogP contribution in [0.15, 0.2) is 96.7 Å². The third-order valence-corrected chi connectivity index (χ3v) is 7.62. The lowest BCUT2D eigenvalue weighted by Gasteiger charge is -2.28. The highest BCUT2D eigenvalue weighted by molar-refractivity contribution is 5.99. The van der Waals surface area contributed by atoms with Crippen molar-refractivity contribution >= 4 is 17.7 Å². The normalized spacial score (nSPS) is 15.9. The first-order valence-electron chi connectivity index (χ1n) is 17.8. The molecule has 1 aliphatic carbocycles. The molecule has 0 spiro atoms. The predicted octanol–water partition coefficient (Wildman–Crippen LogP) is 9.70. The SMILES string of the molecule is C=C.C=C/C(CC)=C(\C=C/C)CC(NC(=O)C(/C=C\CC)=C/C)C(=O)N[C@@H](CC(/C=C\CC)=C/CC)C(=O)NC1CCCCC1.CC. The lowest BCUT2D eigenvalue weighted by atomic mass is 9.94. The van der Waals surface area contributed by atoms with E-state index in [1.807, 2.05) is 58.9 Å². The van der Waals surface area contributed by atoms with E-state index in [0.717, 1.165) is 68.1 Å². The zero-order valence-electron chi connectivity index (χ0n) is 31.1. The summed E-state index contributed by atoms with van der Waals surface area (Å²) in [5.41, 5.74) is 3.42. The summed E-state index contributed by atoms with van der Waals surface area (Å²) in [4.78, 5) is 41.1. The first kappa shape index (κ1) is 45.5. The molecule has 0 aromatic heterocycles. The van der Waals surface area contributed by atoms with Gasteiger partial charge in [0.05, 0.1) is 0 Å². The second-order valence-corrected chi connectivity index (χ2v) is 11.0. The van der Waals surface area contributed by atoms with E-state index in [-0.39, 0.29) is 30.2 Å². The summed E-state index contributed by atoms with van der Waals surface area (Å²) in [5.74, 6) is -0.893. The summed E-state index contributed by atoms with van der Waals surface area (Å²) in [6.07, 6.45) is 26.5. The molecular formula is C41H67N3O3. The van der Waals surface area contributed by atoms with Crippen LogP contribution in [0.4, 0.5) is 0 Å². The van der Waals surface area contributed by atoms with E-state index in [1.165, 1.54) is 6.42 Å². The van der Waals surface area contributed by atoms with Crippen LogP contribution in [0.1, 0.15) is 126 Å². The van der Waals surface area contributed by atoms with E-state index in [0.29, 0.717) is 12.0 Å². The van der Waals surface area contributed by atoms with E-state index in [9.17, 15) is 14.4 Å². The highest BCUT2D eigenvalue weighted by Gasteiger charge is 2.29. The molecule has 6 nitrogen and oxygen atoms in total. The average molecular weight is 650 g/mol. The topological polar surface area (TPSA) is 87.3 Å². The van der Waals surface area contributed by atoms with Crippen molar-refractivity contribution in [1.82, 2.24) is 16.0 Å². The summed E-state index contributed by atoms with van der Waals surface area (Å²) >= 11 is 0. The number of hydrogen-bond donors (Lipinski definition) is 3. The molecule has 6 heteroatoms. The molecule has 3 N–H and O–H groups in total. The minimum absolute atomic E-state index is 0.118. The Balaban J connectivity index is 0. The maximum absolute atomic E-state index is 14.0.